The molecule has 0 aliphatic carbocycles. The third kappa shape index (κ3) is 4.94. The zero-order valence-corrected chi connectivity index (χ0v) is 14.8. The number of carbonyl (C=O) groups excluding carboxylic acids is 1. The molecule has 3 N–H and O–H groups in total. The quantitative estimate of drug-likeness (QED) is 0.747. The highest BCUT2D eigenvalue weighted by molar-refractivity contribution is 7.98. The van der Waals surface area contributed by atoms with Crippen LogP contribution in [0.2, 0.25) is 0 Å². The number of carbonyl (C=O) groups is 1. The lowest BCUT2D eigenvalue weighted by molar-refractivity contribution is -0.132. The van der Waals surface area contributed by atoms with Crippen molar-refractivity contribution in [3.05, 3.63) is 30.3 Å². The van der Waals surface area contributed by atoms with Crippen molar-refractivity contribution in [2.45, 2.75) is 29.8 Å². The van der Waals surface area contributed by atoms with Crippen molar-refractivity contribution < 1.29 is 13.2 Å². The van der Waals surface area contributed by atoms with Crippen LogP contribution < -0.4 is 10.5 Å². The molecule has 1 aliphatic rings. The maximum Gasteiger partial charge on any atom is 0.241 e. The smallest absolute Gasteiger partial charge is 0.241 e. The molecule has 128 valence electrons. The molecule has 0 saturated carbocycles. The van der Waals surface area contributed by atoms with Crippen molar-refractivity contribution >= 4 is 27.7 Å². The van der Waals surface area contributed by atoms with Gasteiger partial charge in [0.1, 0.15) is 6.04 Å². The summed E-state index contributed by atoms with van der Waals surface area (Å²) in [4.78, 5) is 14.5. The first-order chi connectivity index (χ1) is 10.9. The van der Waals surface area contributed by atoms with Gasteiger partial charge in [0.05, 0.1) is 4.90 Å². The van der Waals surface area contributed by atoms with E-state index in [2.05, 4.69) is 4.72 Å². The maximum absolute atomic E-state index is 12.6. The summed E-state index contributed by atoms with van der Waals surface area (Å²) < 4.78 is 27.5. The van der Waals surface area contributed by atoms with Crippen molar-refractivity contribution in [1.29, 1.82) is 0 Å². The van der Waals surface area contributed by atoms with Gasteiger partial charge in [-0.25, -0.2) is 8.42 Å². The Morgan fingerprint density at radius 3 is 2.70 bits per heavy atom. The number of hydrogen-bond donors (Lipinski definition) is 2. The standard InChI is InChI=1S/C15H23N3O3S2/c1-22-10-8-14(15(19)18-9-7-12(16)11-18)17-23(20,21)13-5-3-2-4-6-13/h2-6,12,14,17H,7-11,16H2,1H3/t12-,14?/m1/s1. The molecule has 2 atom stereocenters. The molecule has 0 bridgehead atoms. The molecule has 1 aliphatic heterocycles. The van der Waals surface area contributed by atoms with E-state index in [-0.39, 0.29) is 16.8 Å². The highest BCUT2D eigenvalue weighted by Gasteiger charge is 2.32. The van der Waals surface area contributed by atoms with E-state index in [9.17, 15) is 13.2 Å². The van der Waals surface area contributed by atoms with E-state index in [0.717, 1.165) is 6.42 Å². The van der Waals surface area contributed by atoms with Gasteiger partial charge in [-0.05, 0) is 37.0 Å². The normalized spacial score (nSPS) is 19.7. The average Bonchev–Trinajstić information content (AvgIpc) is 2.98. The van der Waals surface area contributed by atoms with Gasteiger partial charge in [-0.15, -0.1) is 0 Å². The van der Waals surface area contributed by atoms with Gasteiger partial charge in [0.2, 0.25) is 15.9 Å². The molecule has 1 aromatic carbocycles. The average molecular weight is 358 g/mol. The first-order valence-corrected chi connectivity index (χ1v) is 10.4. The second-order valence-electron chi connectivity index (χ2n) is 5.60. The summed E-state index contributed by atoms with van der Waals surface area (Å²) in [7, 11) is -3.72. The van der Waals surface area contributed by atoms with E-state index in [1.54, 1.807) is 34.9 Å². The van der Waals surface area contributed by atoms with Gasteiger partial charge in [0.15, 0.2) is 0 Å². The number of nitrogens with zero attached hydrogens (tertiary/aromatic N) is 1. The van der Waals surface area contributed by atoms with Crippen molar-refractivity contribution in [1.82, 2.24) is 9.62 Å². The Bertz CT molecular complexity index is 622. The monoisotopic (exact) mass is 357 g/mol. The van der Waals surface area contributed by atoms with Crippen LogP contribution in [0.1, 0.15) is 12.8 Å². The van der Waals surface area contributed by atoms with Gasteiger partial charge < -0.3 is 10.6 Å². The number of nitrogens with one attached hydrogen (secondary N) is 1. The van der Waals surface area contributed by atoms with Crippen molar-refractivity contribution in [2.24, 2.45) is 5.73 Å². The third-order valence-corrected chi connectivity index (χ3v) is 5.93. The Kier molecular flexibility index (Phi) is 6.46. The molecule has 1 aromatic rings. The molecule has 2 rings (SSSR count). The Morgan fingerprint density at radius 2 is 2.13 bits per heavy atom. The topological polar surface area (TPSA) is 92.5 Å². The number of amides is 1. The second-order valence-corrected chi connectivity index (χ2v) is 8.30. The highest BCUT2D eigenvalue weighted by atomic mass is 32.2. The first kappa shape index (κ1) is 18.3. The molecule has 1 amide bonds. The Balaban J connectivity index is 2.13. The Labute approximate surface area is 141 Å². The molecule has 0 radical (unpaired) electrons. The lowest BCUT2D eigenvalue weighted by Gasteiger charge is -2.24. The molecule has 8 heteroatoms. The van der Waals surface area contributed by atoms with Gasteiger partial charge in [-0.2, -0.15) is 16.5 Å². The highest BCUT2D eigenvalue weighted by Crippen LogP contribution is 2.15. The van der Waals surface area contributed by atoms with Crippen LogP contribution in [-0.4, -0.2) is 56.4 Å². The van der Waals surface area contributed by atoms with Gasteiger partial charge >= 0.3 is 0 Å². The molecule has 0 aromatic heterocycles. The van der Waals surface area contributed by atoms with Crippen LogP contribution in [0.15, 0.2) is 35.2 Å². The van der Waals surface area contributed by atoms with E-state index < -0.39 is 16.1 Å². The number of hydrogen-bond acceptors (Lipinski definition) is 5. The van der Waals surface area contributed by atoms with E-state index >= 15 is 0 Å². The minimum Gasteiger partial charge on any atom is -0.340 e. The third-order valence-electron chi connectivity index (χ3n) is 3.80. The molecule has 1 saturated heterocycles. The fourth-order valence-electron chi connectivity index (χ4n) is 2.53. The van der Waals surface area contributed by atoms with Crippen LogP contribution in [-0.2, 0) is 14.8 Å². The summed E-state index contributed by atoms with van der Waals surface area (Å²) in [5, 5.41) is 0. The maximum atomic E-state index is 12.6. The molecule has 1 unspecified atom stereocenters. The summed E-state index contributed by atoms with van der Waals surface area (Å²) in [5.41, 5.74) is 5.84. The molecule has 23 heavy (non-hydrogen) atoms. The first-order valence-electron chi connectivity index (χ1n) is 7.54. The number of sulfonamides is 1. The van der Waals surface area contributed by atoms with Crippen molar-refractivity contribution in [3.8, 4) is 0 Å². The number of rotatable bonds is 7. The fraction of sp³-hybridized carbons (Fsp3) is 0.533. The van der Waals surface area contributed by atoms with Gasteiger partial charge in [-0.3, -0.25) is 4.79 Å². The van der Waals surface area contributed by atoms with Crippen molar-refractivity contribution in [2.75, 3.05) is 25.1 Å². The summed E-state index contributed by atoms with van der Waals surface area (Å²) >= 11 is 1.58. The molecule has 0 spiro atoms. The molecule has 6 nitrogen and oxygen atoms in total. The Morgan fingerprint density at radius 1 is 1.43 bits per heavy atom. The summed E-state index contributed by atoms with van der Waals surface area (Å²) in [5.74, 6) is 0.514. The van der Waals surface area contributed by atoms with Crippen LogP contribution in [0, 0.1) is 0 Å². The SMILES string of the molecule is CSCCC(NS(=O)(=O)c1ccccc1)C(=O)N1CC[C@@H](N)C1. The minimum atomic E-state index is -3.72. The number of nitrogens with two attached hydrogens (primary N) is 1. The van der Waals surface area contributed by atoms with Gasteiger partial charge in [-0.1, -0.05) is 18.2 Å². The summed E-state index contributed by atoms with van der Waals surface area (Å²) in [6, 6.07) is 7.33. The van der Waals surface area contributed by atoms with Crippen molar-refractivity contribution in [3.63, 3.8) is 0 Å². The predicted octanol–water partition coefficient (Wildman–Crippen LogP) is 0.646. The van der Waals surface area contributed by atoms with Crippen LogP contribution in [0.25, 0.3) is 0 Å². The summed E-state index contributed by atoms with van der Waals surface area (Å²) in [6.07, 6.45) is 3.14. The van der Waals surface area contributed by atoms with Gasteiger partial charge in [0, 0.05) is 19.1 Å². The second kappa shape index (κ2) is 8.14. The zero-order chi connectivity index (χ0) is 16.9. The van der Waals surface area contributed by atoms with E-state index in [0.29, 0.717) is 25.3 Å². The van der Waals surface area contributed by atoms with Gasteiger partial charge in [0.25, 0.3) is 0 Å². The number of thioether (sulfide) groups is 1. The lowest BCUT2D eigenvalue weighted by atomic mass is 10.2. The van der Waals surface area contributed by atoms with Crippen LogP contribution in [0.3, 0.4) is 0 Å². The largest absolute Gasteiger partial charge is 0.340 e. The number of likely N-dealkylation sites (tertiary alicyclic amines) is 1. The van der Waals surface area contributed by atoms with Crippen LogP contribution >= 0.6 is 11.8 Å². The molecule has 1 heterocycles. The van der Waals surface area contributed by atoms with Crippen LogP contribution in [0.5, 0.6) is 0 Å². The zero-order valence-electron chi connectivity index (χ0n) is 13.1. The lowest BCUT2D eigenvalue weighted by Crippen LogP contribution is -2.48. The summed E-state index contributed by atoms with van der Waals surface area (Å²) in [6.45, 7) is 1.07. The van der Waals surface area contributed by atoms with E-state index in [1.807, 2.05) is 6.26 Å². The Hall–Kier alpha value is -1.09. The molecule has 1 fully saturated rings. The molecular formula is C15H23N3O3S2. The van der Waals surface area contributed by atoms with Crippen LogP contribution in [0.4, 0.5) is 0 Å². The minimum absolute atomic E-state index is 0.0223. The van der Waals surface area contributed by atoms with E-state index in [1.165, 1.54) is 12.1 Å². The van der Waals surface area contributed by atoms with E-state index in [4.69, 9.17) is 5.73 Å². The predicted molar refractivity (Wildman–Crippen MR) is 92.7 cm³/mol. The fourth-order valence-corrected chi connectivity index (χ4v) is 4.25. The number of benzene rings is 1. The molecular weight excluding hydrogens is 334 g/mol.